The van der Waals surface area contributed by atoms with Crippen molar-refractivity contribution in [3.8, 4) is 0 Å². The van der Waals surface area contributed by atoms with Gasteiger partial charge in [-0.05, 0) is 12.1 Å². The first-order valence-corrected chi connectivity index (χ1v) is 5.46. The summed E-state index contributed by atoms with van der Waals surface area (Å²) in [6.07, 6.45) is 1.61. The molecule has 0 aliphatic carbocycles. The number of anilines is 1. The highest BCUT2D eigenvalue weighted by Crippen LogP contribution is 2.29. The Morgan fingerprint density at radius 2 is 2.00 bits per heavy atom. The number of para-hydroxylation sites is 1. The van der Waals surface area contributed by atoms with Crippen molar-refractivity contribution in [2.45, 2.75) is 0 Å². The predicted molar refractivity (Wildman–Crippen MR) is 68.2 cm³/mol. The first-order valence-electron chi connectivity index (χ1n) is 4.70. The third kappa shape index (κ3) is 3.76. The van der Waals surface area contributed by atoms with Gasteiger partial charge in [-0.2, -0.15) is 0 Å². The largest absolute Gasteiger partial charge is 0.374 e. The van der Waals surface area contributed by atoms with E-state index >= 15 is 0 Å². The van der Waals surface area contributed by atoms with Crippen molar-refractivity contribution in [3.05, 3.63) is 40.9 Å². The fourth-order valence-corrected chi connectivity index (χ4v) is 1.61. The van der Waals surface area contributed by atoms with Crippen LogP contribution in [0.15, 0.2) is 30.9 Å². The van der Waals surface area contributed by atoms with E-state index in [0.717, 1.165) is 0 Å². The third-order valence-corrected chi connectivity index (χ3v) is 2.46. The summed E-state index contributed by atoms with van der Waals surface area (Å²) in [4.78, 5) is 11.3. The highest BCUT2D eigenvalue weighted by atomic mass is 35.5. The van der Waals surface area contributed by atoms with Crippen molar-refractivity contribution in [3.63, 3.8) is 0 Å². The van der Waals surface area contributed by atoms with Gasteiger partial charge in [0.05, 0.1) is 22.3 Å². The van der Waals surface area contributed by atoms with E-state index in [9.17, 15) is 4.79 Å². The van der Waals surface area contributed by atoms with Gasteiger partial charge in [-0.25, -0.2) is 0 Å². The molecule has 3 nitrogen and oxygen atoms in total. The highest BCUT2D eigenvalue weighted by molar-refractivity contribution is 6.39. The van der Waals surface area contributed by atoms with Crippen LogP contribution >= 0.6 is 23.2 Å². The van der Waals surface area contributed by atoms with E-state index < -0.39 is 0 Å². The van der Waals surface area contributed by atoms with Crippen molar-refractivity contribution in [1.29, 1.82) is 0 Å². The van der Waals surface area contributed by atoms with E-state index in [4.69, 9.17) is 23.2 Å². The number of nitrogens with one attached hydrogen (secondary N) is 2. The molecule has 0 bridgehead atoms. The predicted octanol–water partition coefficient (Wildman–Crippen LogP) is 2.71. The molecule has 0 saturated heterocycles. The molecule has 1 aromatic carbocycles. The second-order valence-electron chi connectivity index (χ2n) is 3.04. The molecule has 0 unspecified atom stereocenters. The van der Waals surface area contributed by atoms with Crippen LogP contribution in [0.5, 0.6) is 0 Å². The number of amides is 1. The molecule has 0 aromatic heterocycles. The smallest absolute Gasteiger partial charge is 0.239 e. The molecule has 1 amide bonds. The molecule has 0 atom stereocenters. The standard InChI is InChI=1S/C11H12Cl2N2O/c1-2-6-14-10(16)7-15-11-8(12)4-3-5-9(11)13/h2-5,15H,1,6-7H2,(H,14,16). The van der Waals surface area contributed by atoms with Gasteiger partial charge in [-0.1, -0.05) is 35.3 Å². The molecule has 0 fully saturated rings. The number of carbonyl (C=O) groups excluding carboxylic acids is 1. The second-order valence-corrected chi connectivity index (χ2v) is 3.86. The monoisotopic (exact) mass is 258 g/mol. The van der Waals surface area contributed by atoms with Gasteiger partial charge in [-0.15, -0.1) is 6.58 Å². The maximum atomic E-state index is 11.3. The molecule has 0 aliphatic rings. The van der Waals surface area contributed by atoms with Crippen molar-refractivity contribution in [1.82, 2.24) is 5.32 Å². The number of hydrogen-bond acceptors (Lipinski definition) is 2. The molecule has 5 heteroatoms. The van der Waals surface area contributed by atoms with E-state index in [1.807, 2.05) is 0 Å². The molecule has 0 saturated carbocycles. The number of benzene rings is 1. The van der Waals surface area contributed by atoms with Crippen LogP contribution in [-0.2, 0) is 4.79 Å². The number of hydrogen-bond donors (Lipinski definition) is 2. The molecule has 0 heterocycles. The lowest BCUT2D eigenvalue weighted by Crippen LogP contribution is -2.29. The maximum absolute atomic E-state index is 11.3. The summed E-state index contributed by atoms with van der Waals surface area (Å²) < 4.78 is 0. The van der Waals surface area contributed by atoms with Gasteiger partial charge in [0.15, 0.2) is 0 Å². The van der Waals surface area contributed by atoms with Gasteiger partial charge < -0.3 is 10.6 Å². The molecule has 0 spiro atoms. The van der Waals surface area contributed by atoms with Crippen LogP contribution in [0, 0.1) is 0 Å². The molecule has 86 valence electrons. The van der Waals surface area contributed by atoms with Crippen molar-refractivity contribution < 1.29 is 4.79 Å². The summed E-state index contributed by atoms with van der Waals surface area (Å²) >= 11 is 11.8. The fraction of sp³-hybridized carbons (Fsp3) is 0.182. The molecule has 1 aromatic rings. The number of rotatable bonds is 5. The molecule has 0 aliphatic heterocycles. The molecular formula is C11H12Cl2N2O. The Morgan fingerprint density at radius 3 is 2.56 bits per heavy atom. The van der Waals surface area contributed by atoms with Crippen LogP contribution in [0.1, 0.15) is 0 Å². The Hall–Kier alpha value is -1.19. The minimum absolute atomic E-state index is 0.122. The lowest BCUT2D eigenvalue weighted by Gasteiger charge is -2.09. The normalized spacial score (nSPS) is 9.62. The van der Waals surface area contributed by atoms with Crippen molar-refractivity contribution in [2.75, 3.05) is 18.4 Å². The van der Waals surface area contributed by atoms with E-state index in [2.05, 4.69) is 17.2 Å². The van der Waals surface area contributed by atoms with Gasteiger partial charge in [0.25, 0.3) is 0 Å². The molecule has 0 radical (unpaired) electrons. The van der Waals surface area contributed by atoms with E-state index in [0.29, 0.717) is 22.3 Å². The zero-order valence-corrected chi connectivity index (χ0v) is 10.1. The highest BCUT2D eigenvalue weighted by Gasteiger charge is 2.06. The summed E-state index contributed by atoms with van der Waals surface area (Å²) in [7, 11) is 0. The average Bonchev–Trinajstić information content (AvgIpc) is 2.25. The third-order valence-electron chi connectivity index (χ3n) is 1.83. The molecule has 1 rings (SSSR count). The average molecular weight is 259 g/mol. The van der Waals surface area contributed by atoms with Crippen LogP contribution in [0.3, 0.4) is 0 Å². The van der Waals surface area contributed by atoms with Crippen LogP contribution in [0.25, 0.3) is 0 Å². The number of halogens is 2. The van der Waals surface area contributed by atoms with E-state index in [1.54, 1.807) is 24.3 Å². The van der Waals surface area contributed by atoms with Crippen LogP contribution in [0.2, 0.25) is 10.0 Å². The van der Waals surface area contributed by atoms with Crippen molar-refractivity contribution >= 4 is 34.8 Å². The lowest BCUT2D eigenvalue weighted by atomic mass is 10.3. The van der Waals surface area contributed by atoms with E-state index in [-0.39, 0.29) is 12.5 Å². The zero-order valence-electron chi connectivity index (χ0n) is 8.59. The SMILES string of the molecule is C=CCNC(=O)CNc1c(Cl)cccc1Cl. The molecule has 2 N–H and O–H groups in total. The lowest BCUT2D eigenvalue weighted by molar-refractivity contribution is -0.119. The maximum Gasteiger partial charge on any atom is 0.239 e. The quantitative estimate of drug-likeness (QED) is 0.798. The minimum atomic E-state index is -0.143. The summed E-state index contributed by atoms with van der Waals surface area (Å²) in [6.45, 7) is 4.07. The van der Waals surface area contributed by atoms with Crippen molar-refractivity contribution in [2.24, 2.45) is 0 Å². The summed E-state index contributed by atoms with van der Waals surface area (Å²) in [5.41, 5.74) is 0.569. The molecular weight excluding hydrogens is 247 g/mol. The number of carbonyl (C=O) groups is 1. The van der Waals surface area contributed by atoms with Gasteiger partial charge in [0, 0.05) is 6.54 Å². The first-order chi connectivity index (χ1) is 7.65. The Balaban J connectivity index is 2.54. The topological polar surface area (TPSA) is 41.1 Å². The van der Waals surface area contributed by atoms with E-state index in [1.165, 1.54) is 0 Å². The summed E-state index contributed by atoms with van der Waals surface area (Å²) in [5.74, 6) is -0.143. The Morgan fingerprint density at radius 1 is 1.38 bits per heavy atom. The van der Waals surface area contributed by atoms with Gasteiger partial charge in [0.1, 0.15) is 0 Å². The van der Waals surface area contributed by atoms with Gasteiger partial charge in [-0.3, -0.25) is 4.79 Å². The fourth-order valence-electron chi connectivity index (χ4n) is 1.08. The second kappa shape index (κ2) is 6.40. The zero-order chi connectivity index (χ0) is 12.0. The Labute approximate surface area is 104 Å². The summed E-state index contributed by atoms with van der Waals surface area (Å²) in [6, 6.07) is 5.16. The van der Waals surface area contributed by atoms with Gasteiger partial charge >= 0.3 is 0 Å². The van der Waals surface area contributed by atoms with Crippen LogP contribution in [0.4, 0.5) is 5.69 Å². The van der Waals surface area contributed by atoms with Gasteiger partial charge in [0.2, 0.25) is 5.91 Å². The van der Waals surface area contributed by atoms with Crippen LogP contribution in [-0.4, -0.2) is 19.0 Å². The molecule has 16 heavy (non-hydrogen) atoms. The minimum Gasteiger partial charge on any atom is -0.374 e. The van der Waals surface area contributed by atoms with Crippen LogP contribution < -0.4 is 10.6 Å². The summed E-state index contributed by atoms with van der Waals surface area (Å²) in [5, 5.41) is 6.50. The first kappa shape index (κ1) is 12.9. The Kier molecular flexibility index (Phi) is 5.15. The Bertz CT molecular complexity index is 373.